The number of rotatable bonds is 9. The van der Waals surface area contributed by atoms with Crippen molar-refractivity contribution in [2.45, 2.75) is 33.2 Å². The Hall–Kier alpha value is -2.83. The van der Waals surface area contributed by atoms with E-state index in [-0.39, 0.29) is 17.2 Å². The summed E-state index contributed by atoms with van der Waals surface area (Å²) in [5.74, 6) is 1.12. The normalized spacial score (nSPS) is 10.5. The number of methoxy groups -OCH3 is 1. The molecule has 0 atom stereocenters. The van der Waals surface area contributed by atoms with E-state index < -0.39 is 0 Å². The first-order valence-electron chi connectivity index (χ1n) is 9.13. The second-order valence-electron chi connectivity index (χ2n) is 6.24. The summed E-state index contributed by atoms with van der Waals surface area (Å²) in [6.45, 7) is 5.68. The Labute approximate surface area is 159 Å². The zero-order valence-electron chi connectivity index (χ0n) is 16.4. The molecule has 27 heavy (non-hydrogen) atoms. The van der Waals surface area contributed by atoms with Crippen LogP contribution in [0.15, 0.2) is 35.1 Å². The van der Waals surface area contributed by atoms with E-state index in [1.807, 2.05) is 32.0 Å². The number of carbonyl (C=O) groups is 1. The number of ether oxygens (including phenoxy) is 2. The van der Waals surface area contributed by atoms with Crippen molar-refractivity contribution < 1.29 is 14.3 Å². The molecule has 0 spiro atoms. The maximum Gasteiger partial charge on any atom is 0.274 e. The zero-order valence-corrected chi connectivity index (χ0v) is 16.4. The molecular formula is C20H27N3O4. The van der Waals surface area contributed by atoms with Crippen LogP contribution < -0.4 is 15.0 Å². The fourth-order valence-electron chi connectivity index (χ4n) is 2.66. The predicted octanol–water partition coefficient (Wildman–Crippen LogP) is 2.63. The van der Waals surface area contributed by atoms with Crippen molar-refractivity contribution in [2.24, 2.45) is 7.05 Å². The van der Waals surface area contributed by atoms with Gasteiger partial charge in [-0.15, -0.1) is 0 Å². The van der Waals surface area contributed by atoms with Gasteiger partial charge in [-0.25, -0.2) is 4.68 Å². The number of amides is 1. The molecule has 0 bridgehead atoms. The van der Waals surface area contributed by atoms with E-state index in [1.54, 1.807) is 12.0 Å². The summed E-state index contributed by atoms with van der Waals surface area (Å²) in [6, 6.07) is 8.50. The lowest BCUT2D eigenvalue weighted by molar-refractivity contribution is 0.0734. The van der Waals surface area contributed by atoms with E-state index in [0.29, 0.717) is 31.2 Å². The number of benzene rings is 1. The van der Waals surface area contributed by atoms with Gasteiger partial charge in [0.1, 0.15) is 5.69 Å². The Kier molecular flexibility index (Phi) is 7.40. The van der Waals surface area contributed by atoms with Gasteiger partial charge in [0, 0.05) is 26.2 Å². The van der Waals surface area contributed by atoms with Crippen LogP contribution in [-0.4, -0.2) is 40.8 Å². The van der Waals surface area contributed by atoms with Gasteiger partial charge in [0.25, 0.3) is 11.5 Å². The molecule has 0 N–H and O–H groups in total. The molecule has 2 rings (SSSR count). The first-order valence-corrected chi connectivity index (χ1v) is 9.13. The van der Waals surface area contributed by atoms with Gasteiger partial charge in [-0.2, -0.15) is 5.10 Å². The van der Waals surface area contributed by atoms with Crippen molar-refractivity contribution in [3.8, 4) is 11.5 Å². The third-order valence-electron chi connectivity index (χ3n) is 4.02. The molecule has 146 valence electrons. The monoisotopic (exact) mass is 373 g/mol. The number of hydrogen-bond acceptors (Lipinski definition) is 5. The highest BCUT2D eigenvalue weighted by molar-refractivity contribution is 5.92. The SMILES string of the molecule is CCCOc1ccc(CN(CCC)C(=O)c2ccc(=O)n(C)n2)cc1OC. The Morgan fingerprint density at radius 2 is 1.93 bits per heavy atom. The van der Waals surface area contributed by atoms with Gasteiger partial charge in [0.15, 0.2) is 11.5 Å². The topological polar surface area (TPSA) is 73.7 Å². The average Bonchev–Trinajstić information content (AvgIpc) is 2.68. The molecule has 1 aromatic carbocycles. The largest absolute Gasteiger partial charge is 0.493 e. The van der Waals surface area contributed by atoms with Gasteiger partial charge >= 0.3 is 0 Å². The Morgan fingerprint density at radius 3 is 2.56 bits per heavy atom. The van der Waals surface area contributed by atoms with Crippen LogP contribution in [0.2, 0.25) is 0 Å². The number of nitrogens with zero attached hydrogens (tertiary/aromatic N) is 3. The van der Waals surface area contributed by atoms with E-state index in [0.717, 1.165) is 18.4 Å². The van der Waals surface area contributed by atoms with Crippen LogP contribution in [0.4, 0.5) is 0 Å². The fourth-order valence-corrected chi connectivity index (χ4v) is 2.66. The molecule has 1 amide bonds. The highest BCUT2D eigenvalue weighted by Gasteiger charge is 2.18. The lowest BCUT2D eigenvalue weighted by atomic mass is 10.1. The zero-order chi connectivity index (χ0) is 19.8. The predicted molar refractivity (Wildman–Crippen MR) is 103 cm³/mol. The standard InChI is InChI=1S/C20H27N3O4/c1-5-11-23(20(25)16-8-10-19(24)22(3)21-16)14-15-7-9-17(27-12-6-2)18(13-15)26-4/h7-10,13H,5-6,11-12,14H2,1-4H3. The summed E-state index contributed by atoms with van der Waals surface area (Å²) in [7, 11) is 3.13. The van der Waals surface area contributed by atoms with Crippen LogP contribution in [0.5, 0.6) is 11.5 Å². The number of hydrogen-bond donors (Lipinski definition) is 0. The highest BCUT2D eigenvalue weighted by Crippen LogP contribution is 2.29. The van der Waals surface area contributed by atoms with Crippen LogP contribution >= 0.6 is 0 Å². The van der Waals surface area contributed by atoms with Gasteiger partial charge in [-0.3, -0.25) is 9.59 Å². The minimum Gasteiger partial charge on any atom is -0.493 e. The van der Waals surface area contributed by atoms with Gasteiger partial charge in [-0.1, -0.05) is 19.9 Å². The van der Waals surface area contributed by atoms with Gasteiger partial charge in [-0.05, 0) is 36.6 Å². The minimum absolute atomic E-state index is 0.210. The number of aryl methyl sites for hydroxylation is 1. The minimum atomic E-state index is -0.249. The van der Waals surface area contributed by atoms with Gasteiger partial charge in [0.2, 0.25) is 0 Å². The van der Waals surface area contributed by atoms with Crippen LogP contribution in [0, 0.1) is 0 Å². The number of carbonyl (C=O) groups excluding carboxylic acids is 1. The Morgan fingerprint density at radius 1 is 1.15 bits per heavy atom. The maximum absolute atomic E-state index is 12.9. The van der Waals surface area contributed by atoms with Crippen LogP contribution in [-0.2, 0) is 13.6 Å². The third kappa shape index (κ3) is 5.32. The lowest BCUT2D eigenvalue weighted by Gasteiger charge is -2.22. The number of aromatic nitrogens is 2. The molecular weight excluding hydrogens is 346 g/mol. The lowest BCUT2D eigenvalue weighted by Crippen LogP contribution is -2.33. The van der Waals surface area contributed by atoms with Crippen molar-refractivity contribution in [3.63, 3.8) is 0 Å². The fraction of sp³-hybridized carbons (Fsp3) is 0.450. The second-order valence-corrected chi connectivity index (χ2v) is 6.24. The molecule has 0 radical (unpaired) electrons. The molecule has 0 saturated heterocycles. The first kappa shape index (κ1) is 20.5. The summed E-state index contributed by atoms with van der Waals surface area (Å²) in [5, 5.41) is 4.07. The van der Waals surface area contributed by atoms with E-state index in [4.69, 9.17) is 9.47 Å². The molecule has 1 heterocycles. The van der Waals surface area contributed by atoms with Gasteiger partial charge < -0.3 is 14.4 Å². The van der Waals surface area contributed by atoms with Crippen LogP contribution in [0.1, 0.15) is 42.7 Å². The summed E-state index contributed by atoms with van der Waals surface area (Å²) in [4.78, 5) is 26.1. The molecule has 0 fully saturated rings. The molecule has 0 aliphatic heterocycles. The molecule has 7 heteroatoms. The van der Waals surface area contributed by atoms with E-state index >= 15 is 0 Å². The van der Waals surface area contributed by atoms with Crippen molar-refractivity contribution in [3.05, 3.63) is 51.9 Å². The van der Waals surface area contributed by atoms with E-state index in [1.165, 1.54) is 23.9 Å². The van der Waals surface area contributed by atoms with Crippen LogP contribution in [0.3, 0.4) is 0 Å². The summed E-state index contributed by atoms with van der Waals surface area (Å²) >= 11 is 0. The smallest absolute Gasteiger partial charge is 0.274 e. The second kappa shape index (κ2) is 9.75. The molecule has 0 aliphatic rings. The van der Waals surface area contributed by atoms with Crippen molar-refractivity contribution >= 4 is 5.91 Å². The van der Waals surface area contributed by atoms with E-state index in [9.17, 15) is 9.59 Å². The third-order valence-corrected chi connectivity index (χ3v) is 4.02. The highest BCUT2D eigenvalue weighted by atomic mass is 16.5. The molecule has 0 unspecified atom stereocenters. The quantitative estimate of drug-likeness (QED) is 0.676. The summed E-state index contributed by atoms with van der Waals surface area (Å²) in [6.07, 6.45) is 1.72. The maximum atomic E-state index is 12.9. The van der Waals surface area contributed by atoms with Gasteiger partial charge in [0.05, 0.1) is 13.7 Å². The molecule has 7 nitrogen and oxygen atoms in total. The summed E-state index contributed by atoms with van der Waals surface area (Å²) < 4.78 is 12.3. The van der Waals surface area contributed by atoms with E-state index in [2.05, 4.69) is 5.10 Å². The van der Waals surface area contributed by atoms with Crippen LogP contribution in [0.25, 0.3) is 0 Å². The van der Waals surface area contributed by atoms with Crippen molar-refractivity contribution in [2.75, 3.05) is 20.3 Å². The average molecular weight is 373 g/mol. The Bertz CT molecular complexity index is 832. The first-order chi connectivity index (χ1) is 13.0. The molecule has 1 aromatic heterocycles. The van der Waals surface area contributed by atoms with Crippen molar-refractivity contribution in [1.29, 1.82) is 0 Å². The molecule has 0 saturated carbocycles. The molecule has 0 aliphatic carbocycles. The summed E-state index contributed by atoms with van der Waals surface area (Å²) in [5.41, 5.74) is 0.934. The molecule has 2 aromatic rings. The Balaban J connectivity index is 2.23. The van der Waals surface area contributed by atoms with Crippen molar-refractivity contribution in [1.82, 2.24) is 14.7 Å².